The molecule has 0 saturated carbocycles. The molecule has 0 aliphatic heterocycles. The standard InChI is InChI=1S/C8H16N2O4/c1-3-5-9(7(11)12)10(6-4-2)8(13)14/h3-6H2,1-2H3,(H,11,12)(H,13,14). The van der Waals surface area contributed by atoms with E-state index in [9.17, 15) is 9.59 Å². The Bertz CT molecular complexity index is 186. The topological polar surface area (TPSA) is 81.1 Å². The first kappa shape index (κ1) is 12.5. The van der Waals surface area contributed by atoms with Gasteiger partial charge in [0, 0.05) is 13.1 Å². The number of amides is 2. The largest absolute Gasteiger partial charge is 0.464 e. The van der Waals surface area contributed by atoms with Gasteiger partial charge in [-0.3, -0.25) is 0 Å². The van der Waals surface area contributed by atoms with Crippen molar-refractivity contribution in [1.82, 2.24) is 10.0 Å². The quantitative estimate of drug-likeness (QED) is 0.682. The number of rotatable bonds is 4. The van der Waals surface area contributed by atoms with Gasteiger partial charge in [0.2, 0.25) is 0 Å². The lowest BCUT2D eigenvalue weighted by Crippen LogP contribution is -2.49. The molecule has 0 bridgehead atoms. The van der Waals surface area contributed by atoms with E-state index in [2.05, 4.69) is 0 Å². The van der Waals surface area contributed by atoms with E-state index >= 15 is 0 Å². The zero-order valence-electron chi connectivity index (χ0n) is 8.43. The molecule has 0 unspecified atom stereocenters. The third kappa shape index (κ3) is 3.51. The number of carbonyl (C=O) groups is 2. The van der Waals surface area contributed by atoms with Gasteiger partial charge in [-0.05, 0) is 12.8 Å². The molecule has 6 heteroatoms. The van der Waals surface area contributed by atoms with Crippen molar-refractivity contribution in [3.63, 3.8) is 0 Å². The highest BCUT2D eigenvalue weighted by atomic mass is 16.4. The molecule has 0 aliphatic rings. The Hall–Kier alpha value is -1.46. The Labute approximate surface area is 82.7 Å². The average Bonchev–Trinajstić information content (AvgIpc) is 2.10. The molecule has 0 spiro atoms. The first-order valence-electron chi connectivity index (χ1n) is 4.55. The van der Waals surface area contributed by atoms with Crippen LogP contribution >= 0.6 is 0 Å². The van der Waals surface area contributed by atoms with Gasteiger partial charge in [-0.1, -0.05) is 13.8 Å². The van der Waals surface area contributed by atoms with Crippen molar-refractivity contribution in [1.29, 1.82) is 0 Å². The molecule has 0 atom stereocenters. The van der Waals surface area contributed by atoms with Crippen molar-refractivity contribution in [2.24, 2.45) is 0 Å². The minimum absolute atomic E-state index is 0.196. The molecule has 6 nitrogen and oxygen atoms in total. The van der Waals surface area contributed by atoms with Gasteiger partial charge in [0.15, 0.2) is 0 Å². The molecular weight excluding hydrogens is 188 g/mol. The summed E-state index contributed by atoms with van der Waals surface area (Å²) in [6, 6.07) is 0. The van der Waals surface area contributed by atoms with E-state index < -0.39 is 12.2 Å². The lowest BCUT2D eigenvalue weighted by molar-refractivity contribution is 0.00133. The van der Waals surface area contributed by atoms with Crippen LogP contribution in [0.1, 0.15) is 26.7 Å². The lowest BCUT2D eigenvalue weighted by Gasteiger charge is -2.29. The maximum absolute atomic E-state index is 10.7. The molecule has 14 heavy (non-hydrogen) atoms. The van der Waals surface area contributed by atoms with Gasteiger partial charge in [-0.2, -0.15) is 0 Å². The van der Waals surface area contributed by atoms with Crippen LogP contribution in [0.3, 0.4) is 0 Å². The minimum atomic E-state index is -1.23. The van der Waals surface area contributed by atoms with Crippen molar-refractivity contribution in [3.05, 3.63) is 0 Å². The third-order valence-corrected chi connectivity index (χ3v) is 1.60. The van der Waals surface area contributed by atoms with E-state index in [1.54, 1.807) is 13.8 Å². The molecular formula is C8H16N2O4. The van der Waals surface area contributed by atoms with Gasteiger partial charge < -0.3 is 10.2 Å². The fourth-order valence-electron chi connectivity index (χ4n) is 1.06. The molecule has 2 N–H and O–H groups in total. The highest BCUT2D eigenvalue weighted by molar-refractivity contribution is 5.71. The molecule has 0 saturated heterocycles. The van der Waals surface area contributed by atoms with Crippen LogP contribution in [-0.2, 0) is 0 Å². The molecule has 0 aromatic heterocycles. The molecule has 0 aromatic carbocycles. The lowest BCUT2D eigenvalue weighted by atomic mass is 10.4. The number of nitrogens with zero attached hydrogens (tertiary/aromatic N) is 2. The van der Waals surface area contributed by atoms with Crippen LogP contribution in [0.4, 0.5) is 9.59 Å². The van der Waals surface area contributed by atoms with E-state index in [1.807, 2.05) is 0 Å². The predicted molar refractivity (Wildman–Crippen MR) is 50.0 cm³/mol. The predicted octanol–water partition coefficient (Wildman–Crippen LogP) is 1.68. The fourth-order valence-corrected chi connectivity index (χ4v) is 1.06. The van der Waals surface area contributed by atoms with Crippen LogP contribution in [-0.4, -0.2) is 45.5 Å². The first-order chi connectivity index (χ1) is 6.54. The minimum Gasteiger partial charge on any atom is -0.464 e. The average molecular weight is 204 g/mol. The van der Waals surface area contributed by atoms with Gasteiger partial charge in [0.05, 0.1) is 0 Å². The van der Waals surface area contributed by atoms with Crippen LogP contribution < -0.4 is 0 Å². The summed E-state index contributed by atoms with van der Waals surface area (Å²) in [6.45, 7) is 3.98. The van der Waals surface area contributed by atoms with Crippen molar-refractivity contribution in [3.8, 4) is 0 Å². The second-order valence-electron chi connectivity index (χ2n) is 2.81. The van der Waals surface area contributed by atoms with E-state index in [4.69, 9.17) is 10.2 Å². The molecule has 2 amide bonds. The van der Waals surface area contributed by atoms with E-state index in [0.29, 0.717) is 12.8 Å². The second kappa shape index (κ2) is 6.06. The van der Waals surface area contributed by atoms with E-state index in [1.165, 1.54) is 0 Å². The summed E-state index contributed by atoms with van der Waals surface area (Å²) in [5, 5.41) is 19.2. The molecule has 82 valence electrons. The van der Waals surface area contributed by atoms with Crippen molar-refractivity contribution in [2.45, 2.75) is 26.7 Å². The molecule has 0 aliphatic carbocycles. The van der Waals surface area contributed by atoms with Crippen molar-refractivity contribution < 1.29 is 19.8 Å². The maximum Gasteiger partial charge on any atom is 0.426 e. The molecule has 0 rings (SSSR count). The van der Waals surface area contributed by atoms with Gasteiger partial charge in [0.1, 0.15) is 0 Å². The van der Waals surface area contributed by atoms with Gasteiger partial charge in [-0.15, -0.1) is 0 Å². The van der Waals surface area contributed by atoms with Gasteiger partial charge in [-0.25, -0.2) is 19.6 Å². The zero-order valence-corrected chi connectivity index (χ0v) is 8.43. The fraction of sp³-hybridized carbons (Fsp3) is 0.750. The SMILES string of the molecule is CCCN(C(=O)O)N(CCC)C(=O)O. The molecule has 0 aromatic rings. The second-order valence-corrected chi connectivity index (χ2v) is 2.81. The first-order valence-corrected chi connectivity index (χ1v) is 4.55. The van der Waals surface area contributed by atoms with E-state index in [-0.39, 0.29) is 13.1 Å². The summed E-state index contributed by atoms with van der Waals surface area (Å²) in [4.78, 5) is 21.5. The summed E-state index contributed by atoms with van der Waals surface area (Å²) < 4.78 is 0. The third-order valence-electron chi connectivity index (χ3n) is 1.60. The van der Waals surface area contributed by atoms with Crippen molar-refractivity contribution >= 4 is 12.2 Å². The zero-order chi connectivity index (χ0) is 11.1. The Balaban J connectivity index is 4.54. The molecule has 0 heterocycles. The van der Waals surface area contributed by atoms with Gasteiger partial charge in [0.25, 0.3) is 0 Å². The van der Waals surface area contributed by atoms with Crippen molar-refractivity contribution in [2.75, 3.05) is 13.1 Å². The van der Waals surface area contributed by atoms with Crippen LogP contribution in [0.25, 0.3) is 0 Å². The number of hydrogen-bond acceptors (Lipinski definition) is 2. The molecule has 0 fully saturated rings. The van der Waals surface area contributed by atoms with Crippen LogP contribution in [0.2, 0.25) is 0 Å². The monoisotopic (exact) mass is 204 g/mol. The Kier molecular flexibility index (Phi) is 5.43. The highest BCUT2D eigenvalue weighted by Gasteiger charge is 2.23. The Morgan fingerprint density at radius 3 is 1.36 bits per heavy atom. The Morgan fingerprint density at radius 2 is 1.21 bits per heavy atom. The Morgan fingerprint density at radius 1 is 0.929 bits per heavy atom. The molecule has 0 radical (unpaired) electrons. The normalized spacial score (nSPS) is 9.57. The van der Waals surface area contributed by atoms with E-state index in [0.717, 1.165) is 10.0 Å². The number of hydrogen-bond donors (Lipinski definition) is 2. The number of hydrazine groups is 1. The van der Waals surface area contributed by atoms with Gasteiger partial charge >= 0.3 is 12.2 Å². The summed E-state index contributed by atoms with van der Waals surface area (Å²) in [6.07, 6.45) is -1.30. The summed E-state index contributed by atoms with van der Waals surface area (Å²) >= 11 is 0. The smallest absolute Gasteiger partial charge is 0.426 e. The summed E-state index contributed by atoms with van der Waals surface area (Å²) in [5.41, 5.74) is 0. The summed E-state index contributed by atoms with van der Waals surface area (Å²) in [5.74, 6) is 0. The van der Waals surface area contributed by atoms with Crippen LogP contribution in [0.15, 0.2) is 0 Å². The maximum atomic E-state index is 10.7. The van der Waals surface area contributed by atoms with Crippen LogP contribution in [0, 0.1) is 0 Å². The van der Waals surface area contributed by atoms with Crippen LogP contribution in [0.5, 0.6) is 0 Å². The highest BCUT2D eigenvalue weighted by Crippen LogP contribution is 2.02. The summed E-state index contributed by atoms with van der Waals surface area (Å²) in [7, 11) is 0. The number of carboxylic acid groups (broad SMARTS) is 2.